The standard InChI is InChI=1S/C27H22O5/c1-17-20(13-19-7-3-4-9-24(19)31-17)14-26-27(28)23-11-10-22(15-25(23)32-26)30-16-18-6-5-8-21(12-18)29-2/h3-15,17H,16H2,1-2H3/t17-/m0/s1. The van der Waals surface area contributed by atoms with Gasteiger partial charge < -0.3 is 18.9 Å². The molecule has 0 N–H and O–H groups in total. The first-order valence-electron chi connectivity index (χ1n) is 10.4. The molecular formula is C27H22O5. The van der Waals surface area contributed by atoms with Crippen molar-refractivity contribution in [2.45, 2.75) is 19.6 Å². The Balaban J connectivity index is 1.34. The molecule has 5 heteroatoms. The molecule has 1 atom stereocenters. The van der Waals surface area contributed by atoms with E-state index in [4.69, 9.17) is 18.9 Å². The Morgan fingerprint density at radius 2 is 1.84 bits per heavy atom. The molecule has 0 aromatic heterocycles. The third kappa shape index (κ3) is 3.85. The minimum Gasteiger partial charge on any atom is -0.497 e. The van der Waals surface area contributed by atoms with Gasteiger partial charge in [0.25, 0.3) is 0 Å². The lowest BCUT2D eigenvalue weighted by Crippen LogP contribution is -2.18. The number of methoxy groups -OCH3 is 1. The molecular weight excluding hydrogens is 404 g/mol. The van der Waals surface area contributed by atoms with Crippen molar-refractivity contribution >= 4 is 11.9 Å². The number of para-hydroxylation sites is 1. The van der Waals surface area contributed by atoms with Crippen LogP contribution in [0.15, 0.2) is 84.1 Å². The number of hydrogen-bond donors (Lipinski definition) is 0. The van der Waals surface area contributed by atoms with Crippen molar-refractivity contribution in [1.82, 2.24) is 0 Å². The number of fused-ring (bicyclic) bond motifs is 2. The van der Waals surface area contributed by atoms with E-state index < -0.39 is 0 Å². The minimum atomic E-state index is -0.181. The summed E-state index contributed by atoms with van der Waals surface area (Å²) in [6.07, 6.45) is 3.61. The molecule has 2 heterocycles. The number of carbonyl (C=O) groups excluding carboxylic acids is 1. The summed E-state index contributed by atoms with van der Waals surface area (Å²) < 4.78 is 23.0. The van der Waals surface area contributed by atoms with Crippen LogP contribution in [0.2, 0.25) is 0 Å². The second-order valence-corrected chi connectivity index (χ2v) is 7.68. The van der Waals surface area contributed by atoms with Gasteiger partial charge in [-0.2, -0.15) is 0 Å². The van der Waals surface area contributed by atoms with E-state index >= 15 is 0 Å². The van der Waals surface area contributed by atoms with Crippen molar-refractivity contribution in [3.05, 3.63) is 101 Å². The Kier molecular flexibility index (Phi) is 5.15. The van der Waals surface area contributed by atoms with Crippen LogP contribution in [-0.4, -0.2) is 19.0 Å². The van der Waals surface area contributed by atoms with Crippen LogP contribution in [0.4, 0.5) is 0 Å². The molecule has 160 valence electrons. The van der Waals surface area contributed by atoms with Gasteiger partial charge in [-0.1, -0.05) is 30.3 Å². The molecule has 0 saturated heterocycles. The molecule has 2 aliphatic rings. The molecule has 0 aliphatic carbocycles. The average Bonchev–Trinajstić information content (AvgIpc) is 3.12. The zero-order valence-electron chi connectivity index (χ0n) is 17.8. The number of hydrogen-bond acceptors (Lipinski definition) is 5. The van der Waals surface area contributed by atoms with Crippen LogP contribution in [0.1, 0.15) is 28.4 Å². The lowest BCUT2D eigenvalue weighted by atomic mass is 10.0. The summed E-state index contributed by atoms with van der Waals surface area (Å²) >= 11 is 0. The smallest absolute Gasteiger partial charge is 0.231 e. The Morgan fingerprint density at radius 1 is 0.969 bits per heavy atom. The molecule has 0 saturated carbocycles. The summed E-state index contributed by atoms with van der Waals surface area (Å²) in [7, 11) is 1.63. The van der Waals surface area contributed by atoms with Crippen LogP contribution in [-0.2, 0) is 6.61 Å². The summed E-state index contributed by atoms with van der Waals surface area (Å²) in [6, 6.07) is 20.8. The maximum Gasteiger partial charge on any atom is 0.231 e. The number of rotatable bonds is 5. The van der Waals surface area contributed by atoms with E-state index in [1.54, 1.807) is 31.4 Å². The molecule has 3 aromatic rings. The lowest BCUT2D eigenvalue weighted by molar-refractivity contribution is 0.101. The average molecular weight is 426 g/mol. The maximum atomic E-state index is 12.9. The van der Waals surface area contributed by atoms with E-state index in [2.05, 4.69) is 0 Å². The fourth-order valence-corrected chi connectivity index (χ4v) is 3.76. The SMILES string of the molecule is COc1cccc(COc2ccc3c(c2)OC(=CC2=Cc4ccccc4O[C@H]2C)C3=O)c1. The molecule has 0 bridgehead atoms. The highest BCUT2D eigenvalue weighted by Crippen LogP contribution is 2.36. The Bertz CT molecular complexity index is 1250. The van der Waals surface area contributed by atoms with Gasteiger partial charge in [-0.05, 0) is 60.5 Å². The molecule has 5 nitrogen and oxygen atoms in total. The highest BCUT2D eigenvalue weighted by Gasteiger charge is 2.29. The van der Waals surface area contributed by atoms with Gasteiger partial charge in [0.1, 0.15) is 35.7 Å². The molecule has 0 amide bonds. The Hall–Kier alpha value is -3.99. The molecule has 0 radical (unpaired) electrons. The third-order valence-corrected chi connectivity index (χ3v) is 5.49. The molecule has 3 aromatic carbocycles. The molecule has 5 rings (SSSR count). The van der Waals surface area contributed by atoms with Gasteiger partial charge in [0.05, 0.1) is 12.7 Å². The van der Waals surface area contributed by atoms with Crippen molar-refractivity contribution in [2.24, 2.45) is 0 Å². The topological polar surface area (TPSA) is 54.0 Å². The van der Waals surface area contributed by atoms with Crippen LogP contribution in [0, 0.1) is 0 Å². The number of allylic oxidation sites excluding steroid dienone is 1. The second-order valence-electron chi connectivity index (χ2n) is 7.68. The normalized spacial score (nSPS) is 17.7. The summed E-state index contributed by atoms with van der Waals surface area (Å²) in [4.78, 5) is 12.9. The molecule has 2 aliphatic heterocycles. The molecule has 0 unspecified atom stereocenters. The number of benzene rings is 3. The van der Waals surface area contributed by atoms with Crippen molar-refractivity contribution in [1.29, 1.82) is 0 Å². The van der Waals surface area contributed by atoms with Crippen LogP contribution >= 0.6 is 0 Å². The van der Waals surface area contributed by atoms with Crippen LogP contribution in [0.3, 0.4) is 0 Å². The van der Waals surface area contributed by atoms with Crippen LogP contribution in [0.5, 0.6) is 23.0 Å². The number of ketones is 1. The van der Waals surface area contributed by atoms with Crippen molar-refractivity contribution in [3.8, 4) is 23.0 Å². The zero-order valence-corrected chi connectivity index (χ0v) is 17.8. The Labute approximate surface area is 186 Å². The van der Waals surface area contributed by atoms with Gasteiger partial charge in [-0.25, -0.2) is 0 Å². The van der Waals surface area contributed by atoms with Crippen molar-refractivity contribution < 1.29 is 23.7 Å². The summed E-state index contributed by atoms with van der Waals surface area (Å²) in [5.41, 5.74) is 3.37. The fourth-order valence-electron chi connectivity index (χ4n) is 3.76. The number of ether oxygens (including phenoxy) is 4. The fraction of sp³-hybridized carbons (Fsp3) is 0.148. The first-order valence-corrected chi connectivity index (χ1v) is 10.4. The van der Waals surface area contributed by atoms with Crippen molar-refractivity contribution in [3.63, 3.8) is 0 Å². The third-order valence-electron chi connectivity index (χ3n) is 5.49. The van der Waals surface area contributed by atoms with Gasteiger partial charge >= 0.3 is 0 Å². The monoisotopic (exact) mass is 426 g/mol. The quantitative estimate of drug-likeness (QED) is 0.497. The van der Waals surface area contributed by atoms with E-state index in [1.807, 2.05) is 61.5 Å². The van der Waals surface area contributed by atoms with E-state index in [1.165, 1.54) is 0 Å². The first-order chi connectivity index (χ1) is 15.6. The number of carbonyl (C=O) groups is 1. The summed E-state index contributed by atoms with van der Waals surface area (Å²) in [5, 5.41) is 0. The van der Waals surface area contributed by atoms with E-state index in [-0.39, 0.29) is 17.6 Å². The van der Waals surface area contributed by atoms with Gasteiger partial charge in [0, 0.05) is 11.6 Å². The van der Waals surface area contributed by atoms with Crippen LogP contribution in [0.25, 0.3) is 6.08 Å². The highest BCUT2D eigenvalue weighted by molar-refractivity contribution is 6.12. The highest BCUT2D eigenvalue weighted by atomic mass is 16.5. The van der Waals surface area contributed by atoms with E-state index in [9.17, 15) is 4.79 Å². The van der Waals surface area contributed by atoms with Crippen molar-refractivity contribution in [2.75, 3.05) is 7.11 Å². The lowest BCUT2D eigenvalue weighted by Gasteiger charge is -2.22. The van der Waals surface area contributed by atoms with Gasteiger partial charge in [0.2, 0.25) is 5.78 Å². The van der Waals surface area contributed by atoms with Crippen LogP contribution < -0.4 is 18.9 Å². The second kappa shape index (κ2) is 8.27. The van der Waals surface area contributed by atoms with E-state index in [0.717, 1.165) is 28.2 Å². The number of Topliss-reactive ketones (excluding diaryl/α,β-unsaturated/α-hetero) is 1. The molecule has 0 fully saturated rings. The Morgan fingerprint density at radius 3 is 2.72 bits per heavy atom. The predicted molar refractivity (Wildman–Crippen MR) is 121 cm³/mol. The first kappa shape index (κ1) is 19.9. The maximum absolute atomic E-state index is 12.9. The largest absolute Gasteiger partial charge is 0.497 e. The molecule has 32 heavy (non-hydrogen) atoms. The molecule has 0 spiro atoms. The summed E-state index contributed by atoms with van der Waals surface area (Å²) in [6.45, 7) is 2.34. The van der Waals surface area contributed by atoms with Gasteiger partial charge in [-0.15, -0.1) is 0 Å². The minimum absolute atomic E-state index is 0.147. The van der Waals surface area contributed by atoms with Gasteiger partial charge in [0.15, 0.2) is 5.76 Å². The predicted octanol–water partition coefficient (Wildman–Crippen LogP) is 5.60. The van der Waals surface area contributed by atoms with Gasteiger partial charge in [-0.3, -0.25) is 4.79 Å². The van der Waals surface area contributed by atoms with E-state index in [0.29, 0.717) is 23.7 Å². The zero-order chi connectivity index (χ0) is 22.1. The summed E-state index contributed by atoms with van der Waals surface area (Å²) in [5.74, 6) is 2.87.